The highest BCUT2D eigenvalue weighted by Crippen LogP contribution is 2.19. The summed E-state index contributed by atoms with van der Waals surface area (Å²) in [5.74, 6) is 0.0301. The number of amides is 2. The molecule has 0 saturated carbocycles. The SMILES string of the molecule is CC(C)(C)C(=O)N1CCN(C(=O)c2cn3cc(CN)ccc3n2)CC1. The van der Waals surface area contributed by atoms with Crippen molar-refractivity contribution in [3.8, 4) is 0 Å². The molecular formula is C18H25N5O2. The fraction of sp³-hybridized carbons (Fsp3) is 0.500. The first-order valence-electron chi connectivity index (χ1n) is 8.56. The highest BCUT2D eigenvalue weighted by Gasteiger charge is 2.31. The molecule has 0 radical (unpaired) electrons. The van der Waals surface area contributed by atoms with Gasteiger partial charge in [0.15, 0.2) is 0 Å². The van der Waals surface area contributed by atoms with Gasteiger partial charge in [-0.15, -0.1) is 0 Å². The highest BCUT2D eigenvalue weighted by molar-refractivity contribution is 5.93. The average Bonchev–Trinajstić information content (AvgIpc) is 3.02. The predicted octanol–water partition coefficient (Wildman–Crippen LogP) is 1.12. The van der Waals surface area contributed by atoms with Crippen LogP contribution in [-0.4, -0.2) is 57.2 Å². The van der Waals surface area contributed by atoms with Crippen molar-refractivity contribution in [2.75, 3.05) is 26.2 Å². The van der Waals surface area contributed by atoms with Crippen LogP contribution in [-0.2, 0) is 11.3 Å². The van der Waals surface area contributed by atoms with E-state index in [9.17, 15) is 9.59 Å². The third-order valence-electron chi connectivity index (χ3n) is 4.46. The van der Waals surface area contributed by atoms with Gasteiger partial charge in [0.25, 0.3) is 5.91 Å². The van der Waals surface area contributed by atoms with E-state index in [2.05, 4.69) is 4.98 Å². The van der Waals surface area contributed by atoms with Gasteiger partial charge < -0.3 is 19.9 Å². The summed E-state index contributed by atoms with van der Waals surface area (Å²) in [7, 11) is 0. The third-order valence-corrected chi connectivity index (χ3v) is 4.46. The summed E-state index contributed by atoms with van der Waals surface area (Å²) in [6.07, 6.45) is 3.63. The molecule has 134 valence electrons. The lowest BCUT2D eigenvalue weighted by Gasteiger charge is -2.37. The number of carbonyl (C=O) groups is 2. The van der Waals surface area contributed by atoms with E-state index in [1.165, 1.54) is 0 Å². The second-order valence-electron chi connectivity index (χ2n) is 7.47. The van der Waals surface area contributed by atoms with Crippen molar-refractivity contribution in [2.24, 2.45) is 11.1 Å². The Morgan fingerprint density at radius 1 is 1.08 bits per heavy atom. The molecule has 7 nitrogen and oxygen atoms in total. The van der Waals surface area contributed by atoms with Crippen LogP contribution in [0.4, 0.5) is 0 Å². The maximum atomic E-state index is 12.7. The van der Waals surface area contributed by atoms with Crippen LogP contribution in [0.5, 0.6) is 0 Å². The van der Waals surface area contributed by atoms with E-state index < -0.39 is 5.41 Å². The zero-order chi connectivity index (χ0) is 18.2. The van der Waals surface area contributed by atoms with Crippen LogP contribution >= 0.6 is 0 Å². The number of nitrogens with two attached hydrogens (primary N) is 1. The number of imidazole rings is 1. The fourth-order valence-corrected chi connectivity index (χ4v) is 3.01. The number of pyridine rings is 1. The third kappa shape index (κ3) is 3.51. The minimum atomic E-state index is -0.394. The van der Waals surface area contributed by atoms with Gasteiger partial charge in [-0.05, 0) is 11.6 Å². The number of hydrogen-bond acceptors (Lipinski definition) is 4. The zero-order valence-electron chi connectivity index (χ0n) is 15.0. The number of carbonyl (C=O) groups excluding carboxylic acids is 2. The first-order valence-corrected chi connectivity index (χ1v) is 8.56. The molecule has 2 amide bonds. The number of piperazine rings is 1. The van der Waals surface area contributed by atoms with E-state index in [-0.39, 0.29) is 11.8 Å². The number of fused-ring (bicyclic) bond motifs is 1. The predicted molar refractivity (Wildman–Crippen MR) is 95.0 cm³/mol. The van der Waals surface area contributed by atoms with E-state index in [0.29, 0.717) is 38.4 Å². The maximum Gasteiger partial charge on any atom is 0.274 e. The van der Waals surface area contributed by atoms with Gasteiger partial charge in [0.05, 0.1) is 0 Å². The first kappa shape index (κ1) is 17.4. The van der Waals surface area contributed by atoms with Crippen LogP contribution in [0.3, 0.4) is 0 Å². The van der Waals surface area contributed by atoms with E-state index in [0.717, 1.165) is 11.2 Å². The molecule has 1 aliphatic rings. The molecule has 3 heterocycles. The van der Waals surface area contributed by atoms with Crippen molar-refractivity contribution in [3.05, 3.63) is 35.8 Å². The molecule has 0 spiro atoms. The Morgan fingerprint density at radius 3 is 2.32 bits per heavy atom. The molecule has 3 rings (SSSR count). The van der Waals surface area contributed by atoms with Crippen LogP contribution in [0.15, 0.2) is 24.5 Å². The molecule has 0 unspecified atom stereocenters. The van der Waals surface area contributed by atoms with E-state index in [1.807, 2.05) is 48.4 Å². The molecule has 0 aromatic carbocycles. The minimum absolute atomic E-state index is 0.0964. The number of nitrogens with zero attached hydrogens (tertiary/aromatic N) is 4. The Hall–Kier alpha value is -2.41. The van der Waals surface area contributed by atoms with Gasteiger partial charge in [0.1, 0.15) is 11.3 Å². The largest absolute Gasteiger partial charge is 0.339 e. The Bertz CT molecular complexity index is 797. The second-order valence-corrected chi connectivity index (χ2v) is 7.47. The van der Waals surface area contributed by atoms with Crippen molar-refractivity contribution < 1.29 is 9.59 Å². The molecule has 0 aliphatic carbocycles. The number of hydrogen-bond donors (Lipinski definition) is 1. The van der Waals surface area contributed by atoms with Crippen LogP contribution in [0.25, 0.3) is 5.65 Å². The Labute approximate surface area is 147 Å². The van der Waals surface area contributed by atoms with Crippen LogP contribution in [0.2, 0.25) is 0 Å². The van der Waals surface area contributed by atoms with Crippen molar-refractivity contribution >= 4 is 17.5 Å². The molecule has 7 heteroatoms. The van der Waals surface area contributed by atoms with Gasteiger partial charge in [-0.2, -0.15) is 0 Å². The summed E-state index contributed by atoms with van der Waals surface area (Å²) >= 11 is 0. The van der Waals surface area contributed by atoms with Crippen molar-refractivity contribution in [2.45, 2.75) is 27.3 Å². The lowest BCUT2D eigenvalue weighted by Crippen LogP contribution is -2.53. The summed E-state index contributed by atoms with van der Waals surface area (Å²) in [6.45, 7) is 8.38. The Kier molecular flexibility index (Phi) is 4.51. The van der Waals surface area contributed by atoms with Crippen LogP contribution < -0.4 is 5.73 Å². The number of aromatic nitrogens is 2. The summed E-state index contributed by atoms with van der Waals surface area (Å²) in [5.41, 5.74) is 7.39. The van der Waals surface area contributed by atoms with Crippen molar-refractivity contribution in [1.29, 1.82) is 0 Å². The lowest BCUT2D eigenvalue weighted by atomic mass is 9.94. The summed E-state index contributed by atoms with van der Waals surface area (Å²) < 4.78 is 1.83. The molecular weight excluding hydrogens is 318 g/mol. The number of rotatable bonds is 2. The normalized spacial score (nSPS) is 15.7. The summed E-state index contributed by atoms with van der Waals surface area (Å²) in [4.78, 5) is 33.1. The van der Waals surface area contributed by atoms with Crippen molar-refractivity contribution in [1.82, 2.24) is 19.2 Å². The smallest absolute Gasteiger partial charge is 0.274 e. The maximum absolute atomic E-state index is 12.7. The quantitative estimate of drug-likeness (QED) is 0.886. The molecule has 1 aliphatic heterocycles. The molecule has 1 saturated heterocycles. The average molecular weight is 343 g/mol. The fourth-order valence-electron chi connectivity index (χ4n) is 3.01. The van der Waals surface area contributed by atoms with Gasteiger partial charge in [0.2, 0.25) is 5.91 Å². The van der Waals surface area contributed by atoms with Gasteiger partial charge >= 0.3 is 0 Å². The molecule has 0 bridgehead atoms. The van der Waals surface area contributed by atoms with E-state index >= 15 is 0 Å². The summed E-state index contributed by atoms with van der Waals surface area (Å²) in [5, 5.41) is 0. The van der Waals surface area contributed by atoms with Gasteiger partial charge in [0, 0.05) is 50.5 Å². The molecule has 2 N–H and O–H groups in total. The van der Waals surface area contributed by atoms with Gasteiger partial charge in [-0.3, -0.25) is 9.59 Å². The summed E-state index contributed by atoms with van der Waals surface area (Å²) in [6, 6.07) is 3.77. The van der Waals surface area contributed by atoms with Crippen molar-refractivity contribution in [3.63, 3.8) is 0 Å². The topological polar surface area (TPSA) is 83.9 Å². The first-order chi connectivity index (χ1) is 11.8. The molecule has 1 fully saturated rings. The molecule has 25 heavy (non-hydrogen) atoms. The Morgan fingerprint density at radius 2 is 1.72 bits per heavy atom. The second kappa shape index (κ2) is 6.48. The minimum Gasteiger partial charge on any atom is -0.339 e. The van der Waals surface area contributed by atoms with Gasteiger partial charge in [-0.25, -0.2) is 4.98 Å². The molecule has 2 aromatic heterocycles. The zero-order valence-corrected chi connectivity index (χ0v) is 15.0. The van der Waals surface area contributed by atoms with E-state index in [4.69, 9.17) is 5.73 Å². The molecule has 2 aromatic rings. The van der Waals surface area contributed by atoms with Gasteiger partial charge in [-0.1, -0.05) is 26.8 Å². The van der Waals surface area contributed by atoms with Crippen LogP contribution in [0, 0.1) is 5.41 Å². The standard InChI is InChI=1S/C18H25N5O2/c1-18(2,3)17(25)22-8-6-21(7-9-22)16(24)14-12-23-11-13(10-19)4-5-15(23)20-14/h4-5,11-12H,6-10,19H2,1-3H3. The van der Waals surface area contributed by atoms with Crippen LogP contribution in [0.1, 0.15) is 36.8 Å². The lowest BCUT2D eigenvalue weighted by molar-refractivity contribution is -0.140. The highest BCUT2D eigenvalue weighted by atomic mass is 16.2. The Balaban J connectivity index is 1.69. The molecule has 0 atom stereocenters. The monoisotopic (exact) mass is 343 g/mol. The van der Waals surface area contributed by atoms with E-state index in [1.54, 1.807) is 11.1 Å².